The minimum atomic E-state index is -1.16. The molecule has 0 unspecified atom stereocenters. The van der Waals surface area contributed by atoms with Crippen molar-refractivity contribution in [1.82, 2.24) is 9.78 Å². The molecule has 80 valence electrons. The maximum atomic E-state index is 11.5. The Labute approximate surface area is 90.6 Å². The second-order valence-electron chi connectivity index (χ2n) is 3.11. The van der Waals surface area contributed by atoms with Gasteiger partial charge >= 0.3 is 5.97 Å². The maximum absolute atomic E-state index is 11.5. The molecule has 1 aromatic carbocycles. The maximum Gasteiger partial charge on any atom is 0.356 e. The summed E-state index contributed by atoms with van der Waals surface area (Å²) in [7, 11) is 0. The molecule has 0 spiro atoms. The van der Waals surface area contributed by atoms with Crippen LogP contribution in [0, 0.1) is 0 Å². The van der Waals surface area contributed by atoms with E-state index in [-0.39, 0.29) is 11.3 Å². The van der Waals surface area contributed by atoms with Crippen LogP contribution in [-0.2, 0) is 0 Å². The van der Waals surface area contributed by atoms with Gasteiger partial charge in [-0.05, 0) is 18.2 Å². The van der Waals surface area contributed by atoms with E-state index in [1.807, 2.05) is 0 Å². The number of aromatic carboxylic acids is 1. The lowest BCUT2D eigenvalue weighted by molar-refractivity contribution is 0.0688. The second-order valence-corrected chi connectivity index (χ2v) is 3.11. The number of para-hydroxylation sites is 1. The molecule has 5 nitrogen and oxygen atoms in total. The lowest BCUT2D eigenvalue weighted by Crippen LogP contribution is -2.22. The zero-order valence-electron chi connectivity index (χ0n) is 8.20. The van der Waals surface area contributed by atoms with E-state index in [1.165, 1.54) is 12.1 Å². The molecule has 0 amide bonds. The van der Waals surface area contributed by atoms with Crippen molar-refractivity contribution in [2.45, 2.75) is 0 Å². The Morgan fingerprint density at radius 2 is 1.81 bits per heavy atom. The Bertz CT molecular complexity index is 575. The number of carboxylic acids is 1. The summed E-state index contributed by atoms with van der Waals surface area (Å²) < 4.78 is 1.06. The molecule has 2 aromatic rings. The van der Waals surface area contributed by atoms with Gasteiger partial charge in [0.05, 0.1) is 5.69 Å². The van der Waals surface area contributed by atoms with Crippen molar-refractivity contribution in [1.29, 1.82) is 0 Å². The van der Waals surface area contributed by atoms with Gasteiger partial charge in [0.2, 0.25) is 0 Å². The van der Waals surface area contributed by atoms with Gasteiger partial charge in [0.15, 0.2) is 5.69 Å². The van der Waals surface area contributed by atoms with Crippen molar-refractivity contribution in [2.75, 3.05) is 0 Å². The van der Waals surface area contributed by atoms with Crippen LogP contribution in [-0.4, -0.2) is 20.9 Å². The summed E-state index contributed by atoms with van der Waals surface area (Å²) in [6, 6.07) is 11.0. The normalized spacial score (nSPS) is 10.0. The lowest BCUT2D eigenvalue weighted by Gasteiger charge is -2.03. The summed E-state index contributed by atoms with van der Waals surface area (Å²) in [5.74, 6) is -1.16. The summed E-state index contributed by atoms with van der Waals surface area (Å²) in [6.07, 6.45) is 0. The van der Waals surface area contributed by atoms with Gasteiger partial charge in [-0.2, -0.15) is 9.78 Å². The first-order chi connectivity index (χ1) is 7.68. The lowest BCUT2D eigenvalue weighted by atomic mass is 10.3. The molecule has 0 fully saturated rings. The predicted octanol–water partition coefficient (Wildman–Crippen LogP) is 0.931. The molecule has 0 aliphatic carbocycles. The topological polar surface area (TPSA) is 72.2 Å². The van der Waals surface area contributed by atoms with E-state index in [4.69, 9.17) is 5.11 Å². The highest BCUT2D eigenvalue weighted by Gasteiger charge is 2.07. The third kappa shape index (κ3) is 1.83. The van der Waals surface area contributed by atoms with E-state index in [9.17, 15) is 9.59 Å². The van der Waals surface area contributed by atoms with Crippen molar-refractivity contribution >= 4 is 5.97 Å². The summed E-state index contributed by atoms with van der Waals surface area (Å²) >= 11 is 0. The fourth-order valence-electron chi connectivity index (χ4n) is 1.28. The molecule has 5 heteroatoms. The van der Waals surface area contributed by atoms with Crippen LogP contribution in [0.4, 0.5) is 0 Å². The highest BCUT2D eigenvalue weighted by Crippen LogP contribution is 2.02. The van der Waals surface area contributed by atoms with Crippen LogP contribution in [0.2, 0.25) is 0 Å². The minimum absolute atomic E-state index is 0.163. The van der Waals surface area contributed by atoms with Crippen LogP contribution in [0.25, 0.3) is 5.69 Å². The van der Waals surface area contributed by atoms with Crippen molar-refractivity contribution in [2.24, 2.45) is 0 Å². The molecule has 1 heterocycles. The van der Waals surface area contributed by atoms with Crippen LogP contribution in [0.5, 0.6) is 0 Å². The van der Waals surface area contributed by atoms with E-state index in [0.29, 0.717) is 5.69 Å². The molecule has 2 rings (SSSR count). The molecule has 0 radical (unpaired) electrons. The Morgan fingerprint density at radius 1 is 1.12 bits per heavy atom. The van der Waals surface area contributed by atoms with Gasteiger partial charge in [-0.25, -0.2) is 4.79 Å². The molecule has 0 aliphatic heterocycles. The van der Waals surface area contributed by atoms with Gasteiger partial charge in [0.1, 0.15) is 0 Å². The van der Waals surface area contributed by atoms with E-state index in [0.717, 1.165) is 4.68 Å². The van der Waals surface area contributed by atoms with Gasteiger partial charge in [-0.1, -0.05) is 18.2 Å². The molecule has 16 heavy (non-hydrogen) atoms. The fraction of sp³-hybridized carbons (Fsp3) is 0. The van der Waals surface area contributed by atoms with Gasteiger partial charge in [0, 0.05) is 6.07 Å². The highest BCUT2D eigenvalue weighted by molar-refractivity contribution is 5.84. The second kappa shape index (κ2) is 3.98. The summed E-state index contributed by atoms with van der Waals surface area (Å²) in [6.45, 7) is 0. The van der Waals surface area contributed by atoms with Gasteiger partial charge in [0.25, 0.3) is 5.56 Å². The van der Waals surface area contributed by atoms with Crippen molar-refractivity contribution in [3.63, 3.8) is 0 Å². The molecule has 0 saturated carbocycles. The van der Waals surface area contributed by atoms with Crippen molar-refractivity contribution in [3.8, 4) is 5.69 Å². The van der Waals surface area contributed by atoms with E-state index < -0.39 is 5.97 Å². The largest absolute Gasteiger partial charge is 0.476 e. The summed E-state index contributed by atoms with van der Waals surface area (Å²) in [5.41, 5.74) is 0.00949. The van der Waals surface area contributed by atoms with E-state index in [1.54, 1.807) is 30.3 Å². The zero-order valence-corrected chi connectivity index (χ0v) is 8.20. The minimum Gasteiger partial charge on any atom is -0.476 e. The Hall–Kier alpha value is -2.43. The third-order valence-electron chi connectivity index (χ3n) is 2.02. The number of hydrogen-bond acceptors (Lipinski definition) is 3. The van der Waals surface area contributed by atoms with Crippen LogP contribution >= 0.6 is 0 Å². The average molecular weight is 216 g/mol. The molecule has 0 saturated heterocycles. The van der Waals surface area contributed by atoms with Crippen LogP contribution in [0.1, 0.15) is 10.5 Å². The monoisotopic (exact) mass is 216 g/mol. The van der Waals surface area contributed by atoms with Crippen LogP contribution in [0.3, 0.4) is 0 Å². The van der Waals surface area contributed by atoms with Gasteiger partial charge in [-0.3, -0.25) is 4.79 Å². The molecular formula is C11H8N2O3. The molecular weight excluding hydrogens is 208 g/mol. The number of carboxylic acid groups (broad SMARTS) is 1. The average Bonchev–Trinajstić information content (AvgIpc) is 2.30. The van der Waals surface area contributed by atoms with Crippen LogP contribution < -0.4 is 5.56 Å². The fourth-order valence-corrected chi connectivity index (χ4v) is 1.28. The summed E-state index contributed by atoms with van der Waals surface area (Å²) in [4.78, 5) is 22.2. The number of carbonyl (C=O) groups is 1. The summed E-state index contributed by atoms with van der Waals surface area (Å²) in [5, 5.41) is 12.5. The molecule has 0 aliphatic rings. The molecule has 0 atom stereocenters. The number of rotatable bonds is 2. The van der Waals surface area contributed by atoms with Crippen molar-refractivity contribution in [3.05, 3.63) is 58.5 Å². The number of aromatic nitrogens is 2. The SMILES string of the molecule is O=C(O)c1ccc(=O)n(-c2ccccc2)n1. The Balaban J connectivity index is 2.61. The Kier molecular flexibility index (Phi) is 2.51. The first-order valence-corrected chi connectivity index (χ1v) is 4.57. The first kappa shape index (κ1) is 10.1. The molecule has 0 bridgehead atoms. The van der Waals surface area contributed by atoms with Gasteiger partial charge < -0.3 is 5.11 Å². The quantitative estimate of drug-likeness (QED) is 0.810. The number of benzene rings is 1. The standard InChI is InChI=1S/C11H8N2O3/c14-10-7-6-9(11(15)16)12-13(10)8-4-2-1-3-5-8/h1-7H,(H,15,16). The molecule has 1 N–H and O–H groups in total. The third-order valence-corrected chi connectivity index (χ3v) is 2.02. The van der Waals surface area contributed by atoms with E-state index in [2.05, 4.69) is 5.10 Å². The van der Waals surface area contributed by atoms with Gasteiger partial charge in [-0.15, -0.1) is 0 Å². The highest BCUT2D eigenvalue weighted by atomic mass is 16.4. The number of hydrogen-bond donors (Lipinski definition) is 1. The smallest absolute Gasteiger partial charge is 0.356 e. The Morgan fingerprint density at radius 3 is 2.44 bits per heavy atom. The van der Waals surface area contributed by atoms with Crippen molar-refractivity contribution < 1.29 is 9.90 Å². The van der Waals surface area contributed by atoms with E-state index >= 15 is 0 Å². The van der Waals surface area contributed by atoms with Crippen LogP contribution in [0.15, 0.2) is 47.3 Å². The number of nitrogens with zero attached hydrogens (tertiary/aromatic N) is 2. The first-order valence-electron chi connectivity index (χ1n) is 4.57. The zero-order chi connectivity index (χ0) is 11.5. The molecule has 1 aromatic heterocycles. The predicted molar refractivity (Wildman–Crippen MR) is 56.8 cm³/mol.